The molecular formula is C10H20N2S. The SMILES string of the molecule is CCC(C)CSCCC(C#N)NC. The molecule has 0 saturated heterocycles. The Labute approximate surface area is 86.1 Å². The Bertz CT molecular complexity index is 153. The van der Waals surface area contributed by atoms with Gasteiger partial charge in [0.05, 0.1) is 12.1 Å². The van der Waals surface area contributed by atoms with Crippen LogP contribution in [-0.4, -0.2) is 24.6 Å². The van der Waals surface area contributed by atoms with Crippen molar-refractivity contribution in [2.24, 2.45) is 5.92 Å². The molecule has 0 amide bonds. The minimum atomic E-state index is 0.0319. The van der Waals surface area contributed by atoms with E-state index in [1.54, 1.807) is 0 Å². The van der Waals surface area contributed by atoms with Crippen molar-refractivity contribution < 1.29 is 0 Å². The third-order valence-corrected chi connectivity index (χ3v) is 3.48. The number of thioether (sulfide) groups is 1. The van der Waals surface area contributed by atoms with Crippen molar-refractivity contribution in [1.29, 1.82) is 5.26 Å². The molecule has 0 saturated carbocycles. The van der Waals surface area contributed by atoms with Gasteiger partial charge >= 0.3 is 0 Å². The second-order valence-electron chi connectivity index (χ2n) is 3.35. The Morgan fingerprint density at radius 1 is 1.54 bits per heavy atom. The van der Waals surface area contributed by atoms with Crippen LogP contribution in [0.15, 0.2) is 0 Å². The standard InChI is InChI=1S/C10H20N2S/c1-4-9(2)8-13-6-5-10(7-11)12-3/h9-10,12H,4-6,8H2,1-3H3. The van der Waals surface area contributed by atoms with Crippen LogP contribution in [0, 0.1) is 17.2 Å². The Hall–Kier alpha value is -0.200. The Balaban J connectivity index is 3.30. The summed E-state index contributed by atoms with van der Waals surface area (Å²) in [7, 11) is 1.84. The molecule has 0 aliphatic rings. The second-order valence-corrected chi connectivity index (χ2v) is 4.50. The summed E-state index contributed by atoms with van der Waals surface area (Å²) in [4.78, 5) is 0. The maximum Gasteiger partial charge on any atom is 0.0958 e. The number of rotatable bonds is 7. The first-order valence-corrected chi connectivity index (χ1v) is 6.04. The van der Waals surface area contributed by atoms with Crippen molar-refractivity contribution in [3.8, 4) is 6.07 Å². The van der Waals surface area contributed by atoms with Crippen LogP contribution in [0.5, 0.6) is 0 Å². The lowest BCUT2D eigenvalue weighted by atomic mass is 10.2. The zero-order chi connectivity index (χ0) is 10.1. The molecule has 13 heavy (non-hydrogen) atoms. The Morgan fingerprint density at radius 2 is 2.23 bits per heavy atom. The van der Waals surface area contributed by atoms with E-state index in [1.807, 2.05) is 18.8 Å². The third kappa shape index (κ3) is 6.92. The largest absolute Gasteiger partial charge is 0.305 e. The van der Waals surface area contributed by atoms with Crippen LogP contribution < -0.4 is 5.32 Å². The highest BCUT2D eigenvalue weighted by Crippen LogP contribution is 2.12. The van der Waals surface area contributed by atoms with Crippen molar-refractivity contribution in [3.63, 3.8) is 0 Å². The fourth-order valence-electron chi connectivity index (χ4n) is 0.877. The van der Waals surface area contributed by atoms with E-state index >= 15 is 0 Å². The van der Waals surface area contributed by atoms with Crippen LogP contribution in [0.4, 0.5) is 0 Å². The topological polar surface area (TPSA) is 35.8 Å². The molecule has 0 aliphatic carbocycles. The van der Waals surface area contributed by atoms with Crippen molar-refractivity contribution in [2.45, 2.75) is 32.7 Å². The zero-order valence-corrected chi connectivity index (χ0v) is 9.66. The summed E-state index contributed by atoms with van der Waals surface area (Å²) < 4.78 is 0. The minimum Gasteiger partial charge on any atom is -0.305 e. The molecule has 0 aromatic heterocycles. The van der Waals surface area contributed by atoms with E-state index in [2.05, 4.69) is 25.2 Å². The maximum atomic E-state index is 8.66. The lowest BCUT2D eigenvalue weighted by Gasteiger charge is -2.09. The fourth-order valence-corrected chi connectivity index (χ4v) is 2.08. The summed E-state index contributed by atoms with van der Waals surface area (Å²) in [5.41, 5.74) is 0. The molecule has 3 heteroatoms. The smallest absolute Gasteiger partial charge is 0.0958 e. The van der Waals surface area contributed by atoms with Crippen LogP contribution in [0.2, 0.25) is 0 Å². The molecule has 2 unspecified atom stereocenters. The van der Waals surface area contributed by atoms with Gasteiger partial charge in [-0.1, -0.05) is 20.3 Å². The molecule has 0 spiro atoms. The molecule has 0 fully saturated rings. The van der Waals surface area contributed by atoms with Gasteiger partial charge in [0, 0.05) is 0 Å². The lowest BCUT2D eigenvalue weighted by molar-refractivity contribution is 0.633. The molecule has 0 rings (SSSR count). The van der Waals surface area contributed by atoms with Crippen LogP contribution in [-0.2, 0) is 0 Å². The summed E-state index contributed by atoms with van der Waals surface area (Å²) in [6, 6.07) is 2.26. The van der Waals surface area contributed by atoms with Crippen LogP contribution in [0.25, 0.3) is 0 Å². The quantitative estimate of drug-likeness (QED) is 0.640. The average molecular weight is 200 g/mol. The maximum absolute atomic E-state index is 8.66. The Morgan fingerprint density at radius 3 is 2.69 bits per heavy atom. The molecule has 76 valence electrons. The first-order valence-electron chi connectivity index (χ1n) is 4.89. The van der Waals surface area contributed by atoms with Crippen LogP contribution in [0.1, 0.15) is 26.7 Å². The second kappa shape index (κ2) is 8.40. The minimum absolute atomic E-state index is 0.0319. The van der Waals surface area contributed by atoms with Crippen molar-refractivity contribution in [3.05, 3.63) is 0 Å². The highest BCUT2D eigenvalue weighted by atomic mass is 32.2. The summed E-state index contributed by atoms with van der Waals surface area (Å²) >= 11 is 1.95. The normalized spacial score (nSPS) is 14.9. The van der Waals surface area contributed by atoms with Gasteiger partial charge < -0.3 is 5.32 Å². The number of nitrogens with zero attached hydrogens (tertiary/aromatic N) is 1. The van der Waals surface area contributed by atoms with Crippen molar-refractivity contribution >= 4 is 11.8 Å². The van der Waals surface area contributed by atoms with E-state index in [4.69, 9.17) is 5.26 Å². The molecule has 0 heterocycles. The molecule has 0 aromatic carbocycles. The molecule has 2 nitrogen and oxygen atoms in total. The first kappa shape index (κ1) is 12.8. The highest BCUT2D eigenvalue weighted by Gasteiger charge is 2.04. The highest BCUT2D eigenvalue weighted by molar-refractivity contribution is 7.99. The first-order chi connectivity index (χ1) is 6.24. The summed E-state index contributed by atoms with van der Waals surface area (Å²) in [6.07, 6.45) is 2.20. The monoisotopic (exact) mass is 200 g/mol. The van der Waals surface area contributed by atoms with E-state index < -0.39 is 0 Å². The molecule has 2 atom stereocenters. The predicted octanol–water partition coefficient (Wildman–Crippen LogP) is 2.27. The van der Waals surface area contributed by atoms with Gasteiger partial charge in [0.15, 0.2) is 0 Å². The summed E-state index contributed by atoms with van der Waals surface area (Å²) in [5, 5.41) is 11.6. The van der Waals surface area contributed by atoms with Gasteiger partial charge in [0.1, 0.15) is 0 Å². The molecule has 0 aliphatic heterocycles. The summed E-state index contributed by atoms with van der Waals surface area (Å²) in [6.45, 7) is 4.49. The summed E-state index contributed by atoms with van der Waals surface area (Å²) in [5.74, 6) is 3.11. The molecule has 0 aromatic rings. The van der Waals surface area contributed by atoms with E-state index in [0.717, 1.165) is 18.1 Å². The van der Waals surface area contributed by atoms with Crippen LogP contribution in [0.3, 0.4) is 0 Å². The lowest BCUT2D eigenvalue weighted by Crippen LogP contribution is -2.23. The van der Waals surface area contributed by atoms with Crippen molar-refractivity contribution in [1.82, 2.24) is 5.32 Å². The zero-order valence-electron chi connectivity index (χ0n) is 8.84. The van der Waals surface area contributed by atoms with Gasteiger partial charge in [0.2, 0.25) is 0 Å². The number of nitriles is 1. The predicted molar refractivity (Wildman–Crippen MR) is 59.9 cm³/mol. The van der Waals surface area contributed by atoms with Gasteiger partial charge in [-0.25, -0.2) is 0 Å². The van der Waals surface area contributed by atoms with Crippen LogP contribution >= 0.6 is 11.8 Å². The van der Waals surface area contributed by atoms with Gasteiger partial charge in [-0.3, -0.25) is 0 Å². The van der Waals surface area contributed by atoms with E-state index in [1.165, 1.54) is 12.2 Å². The number of hydrogen-bond donors (Lipinski definition) is 1. The molecule has 0 bridgehead atoms. The molecule has 0 radical (unpaired) electrons. The van der Waals surface area contributed by atoms with E-state index in [9.17, 15) is 0 Å². The fraction of sp³-hybridized carbons (Fsp3) is 0.900. The van der Waals surface area contributed by atoms with Gasteiger partial charge in [-0.2, -0.15) is 17.0 Å². The van der Waals surface area contributed by atoms with Gasteiger partial charge in [-0.15, -0.1) is 0 Å². The van der Waals surface area contributed by atoms with Gasteiger partial charge in [0.25, 0.3) is 0 Å². The molecule has 1 N–H and O–H groups in total. The average Bonchev–Trinajstić information content (AvgIpc) is 2.18. The Kier molecular flexibility index (Phi) is 8.27. The van der Waals surface area contributed by atoms with Crippen molar-refractivity contribution in [2.75, 3.05) is 18.6 Å². The number of nitrogens with one attached hydrogen (secondary N) is 1. The number of hydrogen-bond acceptors (Lipinski definition) is 3. The molecular weight excluding hydrogens is 180 g/mol. The van der Waals surface area contributed by atoms with E-state index in [0.29, 0.717) is 0 Å². The van der Waals surface area contributed by atoms with E-state index in [-0.39, 0.29) is 6.04 Å². The van der Waals surface area contributed by atoms with Gasteiger partial charge in [-0.05, 0) is 30.9 Å². The third-order valence-electron chi connectivity index (χ3n) is 2.15.